The van der Waals surface area contributed by atoms with Gasteiger partial charge in [-0.15, -0.1) is 11.3 Å². The van der Waals surface area contributed by atoms with Crippen LogP contribution in [-0.2, 0) is 6.54 Å². The molecule has 1 aromatic rings. The average molecular weight is 212 g/mol. The first-order valence-electron chi connectivity index (χ1n) is 5.09. The molecule has 2 rings (SSSR count). The molecule has 0 radical (unpaired) electrons. The van der Waals surface area contributed by atoms with E-state index in [9.17, 15) is 0 Å². The minimum Gasteiger partial charge on any atom is -0.392 e. The molecule has 1 saturated carbocycles. The van der Waals surface area contributed by atoms with Crippen molar-refractivity contribution in [1.29, 1.82) is 0 Å². The molecule has 3 nitrogen and oxygen atoms in total. The predicted molar refractivity (Wildman–Crippen MR) is 57.5 cm³/mol. The third kappa shape index (κ3) is 2.77. The van der Waals surface area contributed by atoms with Gasteiger partial charge >= 0.3 is 0 Å². The van der Waals surface area contributed by atoms with Crippen molar-refractivity contribution in [1.82, 2.24) is 10.3 Å². The average Bonchev–Trinajstić information content (AvgIpc) is 2.87. The Morgan fingerprint density at radius 2 is 2.50 bits per heavy atom. The molecule has 0 aliphatic heterocycles. The summed E-state index contributed by atoms with van der Waals surface area (Å²) in [5.41, 5.74) is 0. The molecule has 1 aliphatic rings. The highest BCUT2D eigenvalue weighted by molar-refractivity contribution is 7.11. The van der Waals surface area contributed by atoms with E-state index in [0.29, 0.717) is 6.54 Å². The number of aliphatic hydroxyl groups excluding tert-OH is 1. The zero-order chi connectivity index (χ0) is 9.97. The maximum absolute atomic E-state index is 9.06. The Labute approximate surface area is 88.2 Å². The van der Waals surface area contributed by atoms with Crippen LogP contribution in [0.2, 0.25) is 0 Å². The molecule has 1 heterocycles. The van der Waals surface area contributed by atoms with Crippen molar-refractivity contribution in [3.63, 3.8) is 0 Å². The number of nitrogens with zero attached hydrogens (tertiary/aromatic N) is 1. The van der Waals surface area contributed by atoms with Crippen LogP contribution >= 0.6 is 11.3 Å². The topological polar surface area (TPSA) is 45.1 Å². The Morgan fingerprint density at radius 3 is 3.14 bits per heavy atom. The zero-order valence-electron chi connectivity index (χ0n) is 8.36. The first-order valence-corrected chi connectivity index (χ1v) is 5.90. The lowest BCUT2D eigenvalue weighted by Gasteiger charge is -2.04. The van der Waals surface area contributed by atoms with Crippen LogP contribution in [0.1, 0.15) is 35.6 Å². The summed E-state index contributed by atoms with van der Waals surface area (Å²) < 4.78 is 0. The summed E-state index contributed by atoms with van der Waals surface area (Å²) in [6, 6.07) is 0. The van der Waals surface area contributed by atoms with Crippen LogP contribution < -0.4 is 5.32 Å². The van der Waals surface area contributed by atoms with Gasteiger partial charge in [0, 0.05) is 30.1 Å². The van der Waals surface area contributed by atoms with Crippen LogP contribution in [0.15, 0.2) is 6.20 Å². The van der Waals surface area contributed by atoms with Crippen LogP contribution in [0.3, 0.4) is 0 Å². The van der Waals surface area contributed by atoms with Gasteiger partial charge in [-0.25, -0.2) is 4.98 Å². The fraction of sp³-hybridized carbons (Fsp3) is 0.700. The van der Waals surface area contributed by atoms with Gasteiger partial charge in [0.1, 0.15) is 0 Å². The lowest BCUT2D eigenvalue weighted by molar-refractivity contribution is 0.191. The largest absolute Gasteiger partial charge is 0.392 e. The molecular formula is C10H16N2OS. The summed E-state index contributed by atoms with van der Waals surface area (Å²) in [5.74, 6) is 0.755. The highest BCUT2D eigenvalue weighted by Gasteiger charge is 2.26. The van der Waals surface area contributed by atoms with Gasteiger partial charge in [-0.2, -0.15) is 0 Å². The van der Waals surface area contributed by atoms with Gasteiger partial charge in [0.25, 0.3) is 0 Å². The number of hydrogen-bond donors (Lipinski definition) is 2. The van der Waals surface area contributed by atoms with Crippen LogP contribution in [0.4, 0.5) is 0 Å². The van der Waals surface area contributed by atoms with Crippen molar-refractivity contribution in [2.45, 2.75) is 38.3 Å². The Bertz CT molecular complexity index is 294. The molecule has 1 aliphatic carbocycles. The van der Waals surface area contributed by atoms with Crippen molar-refractivity contribution in [2.75, 3.05) is 6.54 Å². The normalized spacial score (nSPS) is 18.4. The summed E-state index contributed by atoms with van der Waals surface area (Å²) in [4.78, 5) is 5.66. The molecular weight excluding hydrogens is 196 g/mol. The molecule has 0 amide bonds. The molecule has 1 atom stereocenters. The minimum absolute atomic E-state index is 0.272. The maximum atomic E-state index is 9.06. The molecule has 0 spiro atoms. The third-order valence-corrected chi connectivity index (χ3v) is 3.40. The van der Waals surface area contributed by atoms with Gasteiger partial charge in [-0.3, -0.25) is 0 Å². The second-order valence-corrected chi connectivity index (χ2v) is 5.07. The molecule has 1 aromatic heterocycles. The lowest BCUT2D eigenvalue weighted by atomic mass is 10.4. The molecule has 1 fully saturated rings. The number of thiazole rings is 1. The Balaban J connectivity index is 1.78. The Hall–Kier alpha value is -0.450. The fourth-order valence-corrected chi connectivity index (χ4v) is 2.38. The van der Waals surface area contributed by atoms with E-state index in [1.54, 1.807) is 18.3 Å². The highest BCUT2D eigenvalue weighted by atomic mass is 32.1. The van der Waals surface area contributed by atoms with E-state index < -0.39 is 0 Å². The summed E-state index contributed by atoms with van der Waals surface area (Å²) in [7, 11) is 0. The standard InChI is InChI=1S/C10H16N2OS/c1-7(13)4-11-5-9-6-12-10(14-9)8-2-3-8/h6-8,11,13H,2-5H2,1H3. The summed E-state index contributed by atoms with van der Waals surface area (Å²) in [5, 5.41) is 13.5. The molecule has 0 bridgehead atoms. The van der Waals surface area contributed by atoms with Crippen molar-refractivity contribution >= 4 is 11.3 Å². The van der Waals surface area contributed by atoms with E-state index in [1.165, 1.54) is 22.7 Å². The van der Waals surface area contributed by atoms with Crippen molar-refractivity contribution in [3.05, 3.63) is 16.1 Å². The van der Waals surface area contributed by atoms with E-state index in [2.05, 4.69) is 10.3 Å². The smallest absolute Gasteiger partial charge is 0.0959 e. The molecule has 14 heavy (non-hydrogen) atoms. The SMILES string of the molecule is CC(O)CNCc1cnc(C2CC2)s1. The second-order valence-electron chi connectivity index (χ2n) is 3.92. The maximum Gasteiger partial charge on any atom is 0.0959 e. The first kappa shape index (κ1) is 10.1. The molecule has 2 N–H and O–H groups in total. The number of hydrogen-bond acceptors (Lipinski definition) is 4. The van der Waals surface area contributed by atoms with Crippen LogP contribution in [0, 0.1) is 0 Å². The quantitative estimate of drug-likeness (QED) is 0.777. The van der Waals surface area contributed by atoms with Gasteiger partial charge in [-0.1, -0.05) is 0 Å². The Kier molecular flexibility index (Phi) is 3.15. The van der Waals surface area contributed by atoms with Gasteiger partial charge in [0.05, 0.1) is 11.1 Å². The van der Waals surface area contributed by atoms with Gasteiger partial charge in [0.2, 0.25) is 0 Å². The summed E-state index contributed by atoms with van der Waals surface area (Å²) >= 11 is 1.80. The highest BCUT2D eigenvalue weighted by Crippen LogP contribution is 2.41. The van der Waals surface area contributed by atoms with E-state index in [1.807, 2.05) is 6.20 Å². The van der Waals surface area contributed by atoms with Crippen molar-refractivity contribution in [2.24, 2.45) is 0 Å². The third-order valence-electron chi connectivity index (χ3n) is 2.24. The predicted octanol–water partition coefficient (Wildman–Crippen LogP) is 1.49. The molecule has 0 aromatic carbocycles. The zero-order valence-corrected chi connectivity index (χ0v) is 9.18. The molecule has 78 valence electrons. The molecule has 0 saturated heterocycles. The first-order chi connectivity index (χ1) is 6.75. The van der Waals surface area contributed by atoms with Crippen LogP contribution in [0.25, 0.3) is 0 Å². The van der Waals surface area contributed by atoms with Crippen LogP contribution in [0.5, 0.6) is 0 Å². The fourth-order valence-electron chi connectivity index (χ4n) is 1.33. The summed E-state index contributed by atoms with van der Waals surface area (Å²) in [6.07, 6.45) is 4.31. The van der Waals surface area contributed by atoms with E-state index in [4.69, 9.17) is 5.11 Å². The second kappa shape index (κ2) is 4.38. The van der Waals surface area contributed by atoms with E-state index in [0.717, 1.165) is 12.5 Å². The van der Waals surface area contributed by atoms with Gasteiger partial charge in [0.15, 0.2) is 0 Å². The number of rotatable bonds is 5. The van der Waals surface area contributed by atoms with Crippen molar-refractivity contribution in [3.8, 4) is 0 Å². The summed E-state index contributed by atoms with van der Waals surface area (Å²) in [6.45, 7) is 3.27. The monoisotopic (exact) mass is 212 g/mol. The number of nitrogens with one attached hydrogen (secondary N) is 1. The van der Waals surface area contributed by atoms with Crippen molar-refractivity contribution < 1.29 is 5.11 Å². The van der Waals surface area contributed by atoms with Gasteiger partial charge < -0.3 is 10.4 Å². The Morgan fingerprint density at radius 1 is 1.71 bits per heavy atom. The minimum atomic E-state index is -0.272. The van der Waals surface area contributed by atoms with E-state index in [-0.39, 0.29) is 6.10 Å². The van der Waals surface area contributed by atoms with E-state index >= 15 is 0 Å². The van der Waals surface area contributed by atoms with Gasteiger partial charge in [-0.05, 0) is 19.8 Å². The molecule has 1 unspecified atom stereocenters. The molecule has 4 heteroatoms. The van der Waals surface area contributed by atoms with Crippen LogP contribution in [-0.4, -0.2) is 22.7 Å². The number of aromatic nitrogens is 1. The lowest BCUT2D eigenvalue weighted by Crippen LogP contribution is -2.23. The number of aliphatic hydroxyl groups is 1.